The van der Waals surface area contributed by atoms with E-state index in [9.17, 15) is 0 Å². The number of hydrogen-bond donors (Lipinski definition) is 0. The summed E-state index contributed by atoms with van der Waals surface area (Å²) >= 11 is 0. The van der Waals surface area contributed by atoms with Crippen LogP contribution < -0.4 is 0 Å². The quantitative estimate of drug-likeness (QED) is 0.522. The Labute approximate surface area is 92.6 Å². The second-order valence-electron chi connectivity index (χ2n) is 4.79. The number of benzene rings is 1. The lowest BCUT2D eigenvalue weighted by molar-refractivity contribution is -0.945. The molecule has 0 aromatic heterocycles. The molecule has 0 saturated heterocycles. The Bertz CT molecular complexity index is 330. The Morgan fingerprint density at radius 2 is 1.67 bits per heavy atom. The average Bonchev–Trinajstić information content (AvgIpc) is 2.69. The maximum absolute atomic E-state index is 2.33. The molecule has 0 fully saturated rings. The zero-order valence-corrected chi connectivity index (χ0v) is 9.69. The van der Waals surface area contributed by atoms with Gasteiger partial charge in [0, 0.05) is 5.56 Å². The van der Waals surface area contributed by atoms with Crippen molar-refractivity contribution in [1.82, 2.24) is 0 Å². The zero-order chi connectivity index (χ0) is 10.7. The van der Waals surface area contributed by atoms with Crippen LogP contribution in [0.3, 0.4) is 0 Å². The lowest BCUT2D eigenvalue weighted by atomic mass is 10.1. The highest BCUT2D eigenvalue weighted by Crippen LogP contribution is 2.23. The van der Waals surface area contributed by atoms with Crippen molar-refractivity contribution in [1.29, 1.82) is 0 Å². The van der Waals surface area contributed by atoms with E-state index in [0.717, 1.165) is 6.54 Å². The first-order valence-electron chi connectivity index (χ1n) is 5.78. The summed E-state index contributed by atoms with van der Waals surface area (Å²) in [5.74, 6) is 0. The molecule has 1 heteroatoms. The van der Waals surface area contributed by atoms with Crippen LogP contribution in [0.15, 0.2) is 42.5 Å². The Balaban J connectivity index is 2.15. The summed E-state index contributed by atoms with van der Waals surface area (Å²) in [7, 11) is 0. The molecule has 1 aliphatic rings. The van der Waals surface area contributed by atoms with Crippen molar-refractivity contribution in [3.8, 4) is 0 Å². The van der Waals surface area contributed by atoms with E-state index in [1.807, 2.05) is 0 Å². The highest BCUT2D eigenvalue weighted by Gasteiger charge is 2.31. The molecular weight excluding hydrogens is 182 g/mol. The first-order chi connectivity index (χ1) is 7.23. The molecule has 1 nitrogen and oxygen atoms in total. The fourth-order valence-corrected chi connectivity index (χ4v) is 2.32. The van der Waals surface area contributed by atoms with Gasteiger partial charge in [-0.1, -0.05) is 30.3 Å². The van der Waals surface area contributed by atoms with E-state index >= 15 is 0 Å². The Morgan fingerprint density at radius 1 is 1.07 bits per heavy atom. The molecule has 1 aromatic carbocycles. The van der Waals surface area contributed by atoms with Crippen molar-refractivity contribution in [2.24, 2.45) is 0 Å². The second kappa shape index (κ2) is 4.19. The summed E-state index contributed by atoms with van der Waals surface area (Å²) in [4.78, 5) is 0. The molecule has 2 rings (SSSR count). The molecule has 0 atom stereocenters. The number of hydrogen-bond acceptors (Lipinski definition) is 0. The molecule has 1 aromatic rings. The highest BCUT2D eigenvalue weighted by molar-refractivity contribution is 5.13. The van der Waals surface area contributed by atoms with E-state index in [1.165, 1.54) is 23.1 Å². The normalized spacial score (nSPS) is 18.6. The Morgan fingerprint density at radius 3 is 2.20 bits per heavy atom. The van der Waals surface area contributed by atoms with Gasteiger partial charge in [-0.05, 0) is 26.0 Å². The van der Waals surface area contributed by atoms with E-state index in [4.69, 9.17) is 0 Å². The van der Waals surface area contributed by atoms with Crippen LogP contribution in [0.2, 0.25) is 0 Å². The third-order valence-corrected chi connectivity index (χ3v) is 3.54. The summed E-state index contributed by atoms with van der Waals surface area (Å²) in [6.45, 7) is 8.19. The summed E-state index contributed by atoms with van der Waals surface area (Å²) in [5, 5.41) is 0. The molecule has 1 heterocycles. The Kier molecular flexibility index (Phi) is 2.92. The van der Waals surface area contributed by atoms with Crippen molar-refractivity contribution in [2.45, 2.75) is 26.4 Å². The fraction of sp³-hybridized carbons (Fsp3) is 0.429. The molecule has 15 heavy (non-hydrogen) atoms. The minimum atomic E-state index is 0.695. The first-order valence-corrected chi connectivity index (χ1v) is 5.78. The first kappa shape index (κ1) is 10.4. The molecule has 0 amide bonds. The molecule has 0 aliphatic carbocycles. The molecule has 80 valence electrons. The fourth-order valence-electron chi connectivity index (χ4n) is 2.32. The van der Waals surface area contributed by atoms with E-state index in [2.05, 4.69) is 56.3 Å². The summed E-state index contributed by atoms with van der Waals surface area (Å²) in [6.07, 6.45) is 4.64. The van der Waals surface area contributed by atoms with E-state index < -0.39 is 0 Å². The van der Waals surface area contributed by atoms with Gasteiger partial charge in [0.1, 0.15) is 6.54 Å². The van der Waals surface area contributed by atoms with Gasteiger partial charge in [-0.25, -0.2) is 0 Å². The van der Waals surface area contributed by atoms with Gasteiger partial charge in [0.15, 0.2) is 0 Å². The van der Waals surface area contributed by atoms with Crippen LogP contribution in [0.4, 0.5) is 0 Å². The second-order valence-corrected chi connectivity index (χ2v) is 4.79. The van der Waals surface area contributed by atoms with Crippen LogP contribution in [0, 0.1) is 0 Å². The topological polar surface area (TPSA) is 0 Å². The third kappa shape index (κ3) is 2.13. The smallest absolute Gasteiger partial charge is 0.105 e. The van der Waals surface area contributed by atoms with Crippen LogP contribution in [-0.2, 0) is 6.54 Å². The van der Waals surface area contributed by atoms with Crippen LogP contribution in [0.5, 0.6) is 0 Å². The van der Waals surface area contributed by atoms with Crippen molar-refractivity contribution in [2.75, 3.05) is 13.1 Å². The standard InChI is InChI=1S/C14H20N/c1-13(2)15(10-6-7-11-15)12-14-8-4-3-5-9-14/h3-9,13H,10-12H2,1-2H3/q+1. The summed E-state index contributed by atoms with van der Waals surface area (Å²) in [6, 6.07) is 11.5. The monoisotopic (exact) mass is 202 g/mol. The van der Waals surface area contributed by atoms with Crippen LogP contribution in [0.25, 0.3) is 0 Å². The van der Waals surface area contributed by atoms with Gasteiger partial charge < -0.3 is 4.48 Å². The van der Waals surface area contributed by atoms with Gasteiger partial charge in [-0.2, -0.15) is 0 Å². The van der Waals surface area contributed by atoms with Gasteiger partial charge in [0.2, 0.25) is 0 Å². The van der Waals surface area contributed by atoms with E-state index in [0.29, 0.717) is 6.04 Å². The minimum absolute atomic E-state index is 0.695. The molecule has 0 N–H and O–H groups in total. The number of quaternary nitrogens is 1. The predicted molar refractivity (Wildman–Crippen MR) is 64.4 cm³/mol. The predicted octanol–water partition coefficient (Wildman–Crippen LogP) is 2.98. The maximum Gasteiger partial charge on any atom is 0.105 e. The summed E-state index contributed by atoms with van der Waals surface area (Å²) < 4.78 is 1.18. The van der Waals surface area contributed by atoms with Crippen LogP contribution >= 0.6 is 0 Å². The Hall–Kier alpha value is -1.08. The van der Waals surface area contributed by atoms with E-state index in [-0.39, 0.29) is 0 Å². The van der Waals surface area contributed by atoms with E-state index in [1.54, 1.807) is 0 Å². The average molecular weight is 202 g/mol. The van der Waals surface area contributed by atoms with Crippen molar-refractivity contribution >= 4 is 0 Å². The highest BCUT2D eigenvalue weighted by atomic mass is 15.4. The van der Waals surface area contributed by atoms with Gasteiger partial charge >= 0.3 is 0 Å². The van der Waals surface area contributed by atoms with Gasteiger partial charge in [-0.15, -0.1) is 0 Å². The van der Waals surface area contributed by atoms with Crippen LogP contribution in [0.1, 0.15) is 19.4 Å². The van der Waals surface area contributed by atoms with Crippen molar-refractivity contribution in [3.05, 3.63) is 48.0 Å². The summed E-state index contributed by atoms with van der Waals surface area (Å²) in [5.41, 5.74) is 1.45. The lowest BCUT2D eigenvalue weighted by Crippen LogP contribution is -2.50. The zero-order valence-electron chi connectivity index (χ0n) is 9.69. The SMILES string of the molecule is CC(C)[N+]1(Cc2ccccc2)CC=CC1. The molecule has 0 spiro atoms. The van der Waals surface area contributed by atoms with Gasteiger partial charge in [0.25, 0.3) is 0 Å². The van der Waals surface area contributed by atoms with Crippen molar-refractivity contribution < 1.29 is 4.48 Å². The maximum atomic E-state index is 2.33. The van der Waals surface area contributed by atoms with Gasteiger partial charge in [0.05, 0.1) is 19.1 Å². The van der Waals surface area contributed by atoms with Gasteiger partial charge in [-0.3, -0.25) is 0 Å². The number of nitrogens with zero attached hydrogens (tertiary/aromatic N) is 1. The van der Waals surface area contributed by atoms with Crippen LogP contribution in [-0.4, -0.2) is 23.6 Å². The minimum Gasteiger partial charge on any atom is -0.311 e. The molecule has 0 saturated carbocycles. The molecule has 1 aliphatic heterocycles. The molecular formula is C14H20N+. The largest absolute Gasteiger partial charge is 0.311 e. The number of rotatable bonds is 3. The lowest BCUT2D eigenvalue weighted by Gasteiger charge is -2.38. The molecule has 0 radical (unpaired) electrons. The molecule has 0 bridgehead atoms. The third-order valence-electron chi connectivity index (χ3n) is 3.54. The molecule has 0 unspecified atom stereocenters. The van der Waals surface area contributed by atoms with Crippen molar-refractivity contribution in [3.63, 3.8) is 0 Å².